The van der Waals surface area contributed by atoms with Crippen LogP contribution in [0.4, 0.5) is 0 Å². The number of hydrogen-bond donors (Lipinski definition) is 1. The van der Waals surface area contributed by atoms with E-state index in [4.69, 9.17) is 4.74 Å². The molecule has 19 heavy (non-hydrogen) atoms. The van der Waals surface area contributed by atoms with E-state index in [1.54, 1.807) is 0 Å². The standard InChI is InChI=1S/C17H25NO/c1-4-18-15-11-17(3,10-13-6-7-13)19-16-8-5-12(2)9-14(15)16/h5,8-9,13,15,18H,4,6-7,10-11H2,1-3H3. The first-order valence-corrected chi connectivity index (χ1v) is 7.62. The molecule has 1 aliphatic carbocycles. The van der Waals surface area contributed by atoms with Crippen LogP contribution in [0.1, 0.15) is 56.7 Å². The predicted octanol–water partition coefficient (Wildman–Crippen LogP) is 3.99. The van der Waals surface area contributed by atoms with Crippen molar-refractivity contribution in [2.24, 2.45) is 5.92 Å². The van der Waals surface area contributed by atoms with Gasteiger partial charge in [0.25, 0.3) is 0 Å². The van der Waals surface area contributed by atoms with Crippen LogP contribution in [0.2, 0.25) is 0 Å². The highest BCUT2D eigenvalue weighted by atomic mass is 16.5. The van der Waals surface area contributed by atoms with E-state index in [1.165, 1.54) is 30.4 Å². The summed E-state index contributed by atoms with van der Waals surface area (Å²) in [6, 6.07) is 7.03. The number of rotatable bonds is 4. The van der Waals surface area contributed by atoms with Crippen molar-refractivity contribution in [3.63, 3.8) is 0 Å². The van der Waals surface area contributed by atoms with Crippen molar-refractivity contribution in [3.05, 3.63) is 29.3 Å². The number of benzene rings is 1. The maximum absolute atomic E-state index is 6.36. The molecule has 1 saturated carbocycles. The number of nitrogens with one attached hydrogen (secondary N) is 1. The third-order valence-electron chi connectivity index (χ3n) is 4.40. The number of fused-ring (bicyclic) bond motifs is 1. The monoisotopic (exact) mass is 259 g/mol. The smallest absolute Gasteiger partial charge is 0.124 e. The van der Waals surface area contributed by atoms with E-state index in [2.05, 4.69) is 44.3 Å². The Hall–Kier alpha value is -1.02. The molecule has 2 aliphatic rings. The van der Waals surface area contributed by atoms with Crippen LogP contribution >= 0.6 is 0 Å². The third-order valence-corrected chi connectivity index (χ3v) is 4.40. The van der Waals surface area contributed by atoms with Crippen LogP contribution in [0.15, 0.2) is 18.2 Å². The van der Waals surface area contributed by atoms with Crippen LogP contribution in [0.25, 0.3) is 0 Å². The second kappa shape index (κ2) is 4.82. The Morgan fingerprint density at radius 2 is 2.16 bits per heavy atom. The van der Waals surface area contributed by atoms with Gasteiger partial charge in [0.1, 0.15) is 11.4 Å². The van der Waals surface area contributed by atoms with Gasteiger partial charge in [0, 0.05) is 18.0 Å². The maximum Gasteiger partial charge on any atom is 0.124 e. The van der Waals surface area contributed by atoms with E-state index in [1.807, 2.05) is 0 Å². The minimum atomic E-state index is 0.0102. The van der Waals surface area contributed by atoms with Gasteiger partial charge in [-0.25, -0.2) is 0 Å². The van der Waals surface area contributed by atoms with Gasteiger partial charge in [0.2, 0.25) is 0 Å². The van der Waals surface area contributed by atoms with Crippen LogP contribution in [-0.2, 0) is 0 Å². The zero-order valence-corrected chi connectivity index (χ0v) is 12.3. The summed E-state index contributed by atoms with van der Waals surface area (Å²) in [6.07, 6.45) is 5.09. The summed E-state index contributed by atoms with van der Waals surface area (Å²) in [6.45, 7) is 7.64. The fourth-order valence-electron chi connectivity index (χ4n) is 3.37. The SMILES string of the molecule is CCNC1CC(C)(CC2CC2)Oc2ccc(C)cc21. The predicted molar refractivity (Wildman–Crippen MR) is 78.6 cm³/mol. The molecular formula is C17H25NO. The van der Waals surface area contributed by atoms with Crippen LogP contribution in [-0.4, -0.2) is 12.1 Å². The molecule has 1 aromatic carbocycles. The maximum atomic E-state index is 6.36. The van der Waals surface area contributed by atoms with Gasteiger partial charge in [-0.2, -0.15) is 0 Å². The lowest BCUT2D eigenvalue weighted by Gasteiger charge is -2.40. The Kier molecular flexibility index (Phi) is 3.30. The van der Waals surface area contributed by atoms with Crippen molar-refractivity contribution in [3.8, 4) is 5.75 Å². The first kappa shape index (κ1) is 13.0. The molecule has 0 radical (unpaired) electrons. The lowest BCUT2D eigenvalue weighted by molar-refractivity contribution is 0.0348. The highest BCUT2D eigenvalue weighted by Gasteiger charge is 2.41. The van der Waals surface area contributed by atoms with Crippen LogP contribution < -0.4 is 10.1 Å². The lowest BCUT2D eigenvalue weighted by Crippen LogP contribution is -2.42. The van der Waals surface area contributed by atoms with Crippen LogP contribution in [0, 0.1) is 12.8 Å². The molecule has 0 amide bonds. The molecule has 1 fully saturated rings. The van der Waals surface area contributed by atoms with E-state index in [0.717, 1.165) is 24.6 Å². The van der Waals surface area contributed by atoms with Crippen molar-refractivity contribution >= 4 is 0 Å². The van der Waals surface area contributed by atoms with Gasteiger partial charge in [-0.3, -0.25) is 0 Å². The Morgan fingerprint density at radius 3 is 2.84 bits per heavy atom. The highest BCUT2D eigenvalue weighted by molar-refractivity contribution is 5.41. The van der Waals surface area contributed by atoms with Crippen molar-refractivity contribution in [2.75, 3.05) is 6.54 Å². The zero-order chi connectivity index (χ0) is 13.5. The van der Waals surface area contributed by atoms with Gasteiger partial charge < -0.3 is 10.1 Å². The first-order valence-electron chi connectivity index (χ1n) is 7.62. The first-order chi connectivity index (χ1) is 9.09. The largest absolute Gasteiger partial charge is 0.487 e. The van der Waals surface area contributed by atoms with Gasteiger partial charge in [0.15, 0.2) is 0 Å². The Labute approximate surface area is 116 Å². The Balaban J connectivity index is 1.89. The van der Waals surface area contributed by atoms with Gasteiger partial charge in [0.05, 0.1) is 0 Å². The summed E-state index contributed by atoms with van der Waals surface area (Å²) >= 11 is 0. The molecule has 1 N–H and O–H groups in total. The molecule has 0 bridgehead atoms. The fourth-order valence-corrected chi connectivity index (χ4v) is 3.37. The molecule has 1 heterocycles. The van der Waals surface area contributed by atoms with Gasteiger partial charge in [-0.1, -0.05) is 37.5 Å². The molecule has 1 aromatic rings. The molecule has 2 unspecified atom stereocenters. The Morgan fingerprint density at radius 1 is 1.37 bits per heavy atom. The molecule has 2 atom stereocenters. The summed E-state index contributed by atoms with van der Waals surface area (Å²) in [5, 5.41) is 3.64. The molecule has 0 saturated heterocycles. The van der Waals surface area contributed by atoms with Crippen LogP contribution in [0.3, 0.4) is 0 Å². The van der Waals surface area contributed by atoms with E-state index in [-0.39, 0.29) is 5.60 Å². The van der Waals surface area contributed by atoms with Gasteiger partial charge in [-0.15, -0.1) is 0 Å². The normalized spacial score (nSPS) is 29.7. The Bertz CT molecular complexity index is 466. The summed E-state index contributed by atoms with van der Waals surface area (Å²) in [7, 11) is 0. The van der Waals surface area contributed by atoms with E-state index in [9.17, 15) is 0 Å². The van der Waals surface area contributed by atoms with E-state index >= 15 is 0 Å². The lowest BCUT2D eigenvalue weighted by atomic mass is 9.84. The quantitative estimate of drug-likeness (QED) is 0.883. The molecule has 0 spiro atoms. The summed E-state index contributed by atoms with van der Waals surface area (Å²) in [4.78, 5) is 0. The number of hydrogen-bond acceptors (Lipinski definition) is 2. The number of ether oxygens (including phenoxy) is 1. The summed E-state index contributed by atoms with van der Waals surface area (Å²) < 4.78 is 6.36. The molecule has 1 aliphatic heterocycles. The van der Waals surface area contributed by atoms with Crippen molar-refractivity contribution < 1.29 is 4.74 Å². The molecule has 2 nitrogen and oxygen atoms in total. The molecule has 104 valence electrons. The average molecular weight is 259 g/mol. The average Bonchev–Trinajstić information content (AvgIpc) is 3.14. The zero-order valence-electron chi connectivity index (χ0n) is 12.3. The van der Waals surface area contributed by atoms with E-state index < -0.39 is 0 Å². The minimum absolute atomic E-state index is 0.0102. The molecule has 3 rings (SSSR count). The summed E-state index contributed by atoms with van der Waals surface area (Å²) in [5.74, 6) is 1.99. The topological polar surface area (TPSA) is 21.3 Å². The van der Waals surface area contributed by atoms with Crippen molar-refractivity contribution in [1.82, 2.24) is 5.32 Å². The van der Waals surface area contributed by atoms with E-state index in [0.29, 0.717) is 6.04 Å². The van der Waals surface area contributed by atoms with Gasteiger partial charge >= 0.3 is 0 Å². The number of aryl methyl sites for hydroxylation is 1. The van der Waals surface area contributed by atoms with Crippen molar-refractivity contribution in [2.45, 2.75) is 58.1 Å². The second-order valence-corrected chi connectivity index (χ2v) is 6.56. The van der Waals surface area contributed by atoms with Crippen molar-refractivity contribution in [1.29, 1.82) is 0 Å². The summed E-state index contributed by atoms with van der Waals surface area (Å²) in [5.41, 5.74) is 2.67. The second-order valence-electron chi connectivity index (χ2n) is 6.56. The molecule has 2 heteroatoms. The highest BCUT2D eigenvalue weighted by Crippen LogP contribution is 2.46. The molecule has 0 aromatic heterocycles. The minimum Gasteiger partial charge on any atom is -0.487 e. The fraction of sp³-hybridized carbons (Fsp3) is 0.647. The third kappa shape index (κ3) is 2.79. The van der Waals surface area contributed by atoms with Crippen LogP contribution in [0.5, 0.6) is 5.75 Å². The van der Waals surface area contributed by atoms with Gasteiger partial charge in [-0.05, 0) is 38.8 Å². The molecular weight excluding hydrogens is 234 g/mol.